The molecule has 1 saturated heterocycles. The van der Waals surface area contributed by atoms with E-state index in [2.05, 4.69) is 15.1 Å². The lowest BCUT2D eigenvalue weighted by Crippen LogP contribution is -3.00. The van der Waals surface area contributed by atoms with Gasteiger partial charge in [-0.2, -0.15) is 0 Å². The molecule has 2 aromatic rings. The highest BCUT2D eigenvalue weighted by atomic mass is 35.5. The summed E-state index contributed by atoms with van der Waals surface area (Å²) in [6, 6.07) is 13.6. The molecule has 0 radical (unpaired) electrons. The molecule has 0 aromatic heterocycles. The number of amides is 1. The summed E-state index contributed by atoms with van der Waals surface area (Å²) < 4.78 is 12.9. The molecule has 134 valence electrons. The molecule has 0 atom stereocenters. The van der Waals surface area contributed by atoms with Crippen molar-refractivity contribution >= 4 is 28.9 Å². The lowest BCUT2D eigenvalue weighted by Gasteiger charge is -2.35. The third-order valence-electron chi connectivity index (χ3n) is 4.04. The van der Waals surface area contributed by atoms with Crippen LogP contribution in [0.25, 0.3) is 0 Å². The molecule has 3 rings (SSSR count). The van der Waals surface area contributed by atoms with Gasteiger partial charge in [0.05, 0.1) is 6.54 Å². The minimum Gasteiger partial charge on any atom is -1.00 e. The van der Waals surface area contributed by atoms with Crippen LogP contribution in [0.15, 0.2) is 48.5 Å². The van der Waals surface area contributed by atoms with E-state index in [1.807, 2.05) is 24.3 Å². The zero-order valence-electron chi connectivity index (χ0n) is 13.6. The highest BCUT2D eigenvalue weighted by Crippen LogP contribution is 2.20. The predicted octanol–water partition coefficient (Wildman–Crippen LogP) is 0.244. The van der Waals surface area contributed by atoms with E-state index >= 15 is 0 Å². The standard InChI is InChI=1S/C18H19ClFN3O.ClH/c19-14-2-1-3-17(12-14)23-10-8-22(9-11-23)13-18(24)21-16-6-4-15(20)5-7-16;/h1-7,12H,8-11,13H2,(H,21,24);1H/p-1. The zero-order valence-corrected chi connectivity index (χ0v) is 15.1. The molecule has 1 aliphatic heterocycles. The summed E-state index contributed by atoms with van der Waals surface area (Å²) in [5.41, 5.74) is 1.72. The van der Waals surface area contributed by atoms with Crippen LogP contribution in [0.3, 0.4) is 0 Å². The number of nitrogens with one attached hydrogen (secondary N) is 1. The average molecular weight is 383 g/mol. The van der Waals surface area contributed by atoms with Gasteiger partial charge < -0.3 is 22.6 Å². The van der Waals surface area contributed by atoms with Gasteiger partial charge in [0, 0.05) is 42.6 Å². The Bertz CT molecular complexity index is 704. The summed E-state index contributed by atoms with van der Waals surface area (Å²) in [5.74, 6) is -0.400. The second-order valence-electron chi connectivity index (χ2n) is 5.80. The van der Waals surface area contributed by atoms with Crippen LogP contribution in [0.2, 0.25) is 5.02 Å². The van der Waals surface area contributed by atoms with Crippen molar-refractivity contribution in [2.24, 2.45) is 0 Å². The number of piperazine rings is 1. The number of carbonyl (C=O) groups is 1. The molecule has 0 saturated carbocycles. The number of hydrogen-bond acceptors (Lipinski definition) is 3. The normalized spacial score (nSPS) is 14.7. The van der Waals surface area contributed by atoms with Gasteiger partial charge in [-0.3, -0.25) is 9.69 Å². The van der Waals surface area contributed by atoms with Crippen LogP contribution in [-0.4, -0.2) is 43.5 Å². The number of carbonyl (C=O) groups excluding carboxylic acids is 1. The zero-order chi connectivity index (χ0) is 16.9. The van der Waals surface area contributed by atoms with Crippen molar-refractivity contribution in [2.75, 3.05) is 42.9 Å². The van der Waals surface area contributed by atoms with Crippen molar-refractivity contribution in [3.8, 4) is 0 Å². The summed E-state index contributed by atoms with van der Waals surface area (Å²) in [5, 5.41) is 3.52. The van der Waals surface area contributed by atoms with E-state index in [9.17, 15) is 9.18 Å². The minimum absolute atomic E-state index is 0. The molecule has 0 unspecified atom stereocenters. The highest BCUT2D eigenvalue weighted by Gasteiger charge is 2.19. The molecule has 0 spiro atoms. The van der Waals surface area contributed by atoms with E-state index in [0.29, 0.717) is 12.2 Å². The van der Waals surface area contributed by atoms with E-state index in [1.54, 1.807) is 12.1 Å². The van der Waals surface area contributed by atoms with Crippen LogP contribution in [0, 0.1) is 5.82 Å². The number of rotatable bonds is 4. The van der Waals surface area contributed by atoms with E-state index in [4.69, 9.17) is 11.6 Å². The van der Waals surface area contributed by atoms with Gasteiger partial charge >= 0.3 is 0 Å². The van der Waals surface area contributed by atoms with Crippen LogP contribution in [-0.2, 0) is 4.79 Å². The molecular weight excluding hydrogens is 364 g/mol. The Morgan fingerprint density at radius 1 is 1.08 bits per heavy atom. The lowest BCUT2D eigenvalue weighted by molar-refractivity contribution is -0.117. The van der Waals surface area contributed by atoms with Crippen molar-refractivity contribution in [2.45, 2.75) is 0 Å². The molecule has 4 nitrogen and oxygen atoms in total. The van der Waals surface area contributed by atoms with Crippen LogP contribution < -0.4 is 22.6 Å². The largest absolute Gasteiger partial charge is 1.00 e. The van der Waals surface area contributed by atoms with Gasteiger partial charge in [0.1, 0.15) is 5.82 Å². The Morgan fingerprint density at radius 3 is 2.40 bits per heavy atom. The fourth-order valence-corrected chi connectivity index (χ4v) is 2.96. The van der Waals surface area contributed by atoms with Gasteiger partial charge in [0.15, 0.2) is 0 Å². The number of nitrogens with zero attached hydrogens (tertiary/aromatic N) is 2. The Labute approximate surface area is 158 Å². The predicted molar refractivity (Wildman–Crippen MR) is 95.1 cm³/mol. The minimum atomic E-state index is -0.315. The van der Waals surface area contributed by atoms with Gasteiger partial charge in [-0.25, -0.2) is 4.39 Å². The fourth-order valence-electron chi connectivity index (χ4n) is 2.77. The van der Waals surface area contributed by atoms with Crippen molar-refractivity contribution in [3.05, 3.63) is 59.4 Å². The highest BCUT2D eigenvalue weighted by molar-refractivity contribution is 6.30. The monoisotopic (exact) mass is 382 g/mol. The molecule has 0 bridgehead atoms. The topological polar surface area (TPSA) is 35.6 Å². The molecular formula is C18H19Cl2FN3O-. The SMILES string of the molecule is O=C(CN1CCN(c2cccc(Cl)c2)CC1)Nc1ccc(F)cc1.[Cl-]. The maximum atomic E-state index is 12.9. The Morgan fingerprint density at radius 2 is 1.76 bits per heavy atom. The number of halogens is 3. The van der Waals surface area contributed by atoms with E-state index in [0.717, 1.165) is 36.9 Å². The van der Waals surface area contributed by atoms with Crippen molar-refractivity contribution in [1.29, 1.82) is 0 Å². The third-order valence-corrected chi connectivity index (χ3v) is 4.28. The molecule has 1 N–H and O–H groups in total. The lowest BCUT2D eigenvalue weighted by atomic mass is 10.2. The molecule has 1 amide bonds. The first-order valence-corrected chi connectivity index (χ1v) is 8.26. The number of benzene rings is 2. The summed E-state index contributed by atoms with van der Waals surface area (Å²) in [6.07, 6.45) is 0. The Kier molecular flexibility index (Phi) is 7.05. The smallest absolute Gasteiger partial charge is 0.238 e. The van der Waals surface area contributed by atoms with Gasteiger partial charge in [-0.05, 0) is 42.5 Å². The van der Waals surface area contributed by atoms with Crippen LogP contribution in [0.1, 0.15) is 0 Å². The summed E-state index contributed by atoms with van der Waals surface area (Å²) in [4.78, 5) is 16.5. The maximum Gasteiger partial charge on any atom is 0.238 e. The first-order valence-electron chi connectivity index (χ1n) is 7.88. The number of hydrogen-bond donors (Lipinski definition) is 1. The Balaban J connectivity index is 0.00000225. The van der Waals surface area contributed by atoms with E-state index < -0.39 is 0 Å². The fraction of sp³-hybridized carbons (Fsp3) is 0.278. The van der Waals surface area contributed by atoms with Crippen molar-refractivity contribution in [3.63, 3.8) is 0 Å². The Hall–Kier alpha value is -1.82. The van der Waals surface area contributed by atoms with Gasteiger partial charge in [0.2, 0.25) is 5.91 Å². The van der Waals surface area contributed by atoms with Gasteiger partial charge in [-0.1, -0.05) is 17.7 Å². The third kappa shape index (κ3) is 5.59. The summed E-state index contributed by atoms with van der Waals surface area (Å²) in [7, 11) is 0. The van der Waals surface area contributed by atoms with Crippen LogP contribution in [0.5, 0.6) is 0 Å². The molecule has 1 heterocycles. The van der Waals surface area contributed by atoms with Gasteiger partial charge in [-0.15, -0.1) is 0 Å². The van der Waals surface area contributed by atoms with Crippen LogP contribution in [0.4, 0.5) is 15.8 Å². The second-order valence-corrected chi connectivity index (χ2v) is 6.23. The van der Waals surface area contributed by atoms with Crippen molar-refractivity contribution in [1.82, 2.24) is 4.90 Å². The first-order chi connectivity index (χ1) is 11.6. The first kappa shape index (κ1) is 19.5. The maximum absolute atomic E-state index is 12.9. The van der Waals surface area contributed by atoms with E-state index in [1.165, 1.54) is 12.1 Å². The molecule has 0 aliphatic carbocycles. The quantitative estimate of drug-likeness (QED) is 0.822. The molecule has 1 aliphatic rings. The molecule has 1 fully saturated rings. The summed E-state index contributed by atoms with van der Waals surface area (Å²) >= 11 is 6.03. The van der Waals surface area contributed by atoms with Crippen LogP contribution >= 0.6 is 11.6 Å². The van der Waals surface area contributed by atoms with Gasteiger partial charge in [0.25, 0.3) is 0 Å². The summed E-state index contributed by atoms with van der Waals surface area (Å²) in [6.45, 7) is 3.65. The van der Waals surface area contributed by atoms with E-state index in [-0.39, 0.29) is 24.1 Å². The molecule has 7 heteroatoms. The molecule has 25 heavy (non-hydrogen) atoms. The second kappa shape index (κ2) is 9.04. The molecule has 2 aromatic carbocycles. The number of anilines is 2. The average Bonchev–Trinajstić information content (AvgIpc) is 2.58. The van der Waals surface area contributed by atoms with Crippen molar-refractivity contribution < 1.29 is 21.6 Å².